The first-order valence-corrected chi connectivity index (χ1v) is 6.91. The molecule has 2 rings (SSSR count). The Balaban J connectivity index is 2.22. The SMILES string of the molecule is CC(N)C(c1ccccc1F)N(C)C1CCOCC1. The fraction of sp³-hybridized carbons (Fsp3) is 0.600. The lowest BCUT2D eigenvalue weighted by Gasteiger charge is -2.39. The molecule has 1 fully saturated rings. The number of hydrogen-bond donors (Lipinski definition) is 1. The quantitative estimate of drug-likeness (QED) is 0.909. The maximum Gasteiger partial charge on any atom is 0.128 e. The Morgan fingerprint density at radius 3 is 2.53 bits per heavy atom. The van der Waals surface area contributed by atoms with Gasteiger partial charge in [0.2, 0.25) is 0 Å². The van der Waals surface area contributed by atoms with Crippen molar-refractivity contribution < 1.29 is 9.13 Å². The van der Waals surface area contributed by atoms with Crippen LogP contribution in [-0.4, -0.2) is 37.2 Å². The lowest BCUT2D eigenvalue weighted by molar-refractivity contribution is 0.0240. The van der Waals surface area contributed by atoms with Crippen molar-refractivity contribution in [3.8, 4) is 0 Å². The predicted molar refractivity (Wildman–Crippen MR) is 74.4 cm³/mol. The van der Waals surface area contributed by atoms with Crippen LogP contribution in [0.4, 0.5) is 4.39 Å². The van der Waals surface area contributed by atoms with Crippen LogP contribution in [0.25, 0.3) is 0 Å². The minimum Gasteiger partial charge on any atom is -0.381 e. The molecule has 0 aromatic heterocycles. The number of nitrogens with two attached hydrogens (primary N) is 1. The minimum atomic E-state index is -0.177. The van der Waals surface area contributed by atoms with Gasteiger partial charge in [0.25, 0.3) is 0 Å². The lowest BCUT2D eigenvalue weighted by Crippen LogP contribution is -2.45. The molecule has 1 heterocycles. The molecule has 2 N–H and O–H groups in total. The molecule has 0 radical (unpaired) electrons. The first-order chi connectivity index (χ1) is 9.11. The van der Waals surface area contributed by atoms with Crippen LogP contribution in [0.15, 0.2) is 24.3 Å². The van der Waals surface area contributed by atoms with Gasteiger partial charge in [-0.05, 0) is 32.9 Å². The molecule has 1 saturated heterocycles. The molecule has 1 aromatic carbocycles. The highest BCUT2D eigenvalue weighted by molar-refractivity contribution is 5.23. The minimum absolute atomic E-state index is 0.0932. The Morgan fingerprint density at radius 1 is 1.32 bits per heavy atom. The van der Waals surface area contributed by atoms with Crippen molar-refractivity contribution in [3.05, 3.63) is 35.6 Å². The number of benzene rings is 1. The van der Waals surface area contributed by atoms with Crippen LogP contribution in [0, 0.1) is 5.82 Å². The molecule has 0 saturated carbocycles. The van der Waals surface area contributed by atoms with Crippen LogP contribution in [0.2, 0.25) is 0 Å². The van der Waals surface area contributed by atoms with Gasteiger partial charge in [0.05, 0.1) is 6.04 Å². The van der Waals surface area contributed by atoms with Crippen molar-refractivity contribution in [3.63, 3.8) is 0 Å². The molecule has 3 nitrogen and oxygen atoms in total. The van der Waals surface area contributed by atoms with Gasteiger partial charge in [-0.25, -0.2) is 4.39 Å². The molecule has 0 bridgehead atoms. The molecule has 19 heavy (non-hydrogen) atoms. The van der Waals surface area contributed by atoms with Crippen molar-refractivity contribution >= 4 is 0 Å². The van der Waals surface area contributed by atoms with Gasteiger partial charge in [-0.3, -0.25) is 4.90 Å². The summed E-state index contributed by atoms with van der Waals surface area (Å²) in [5.74, 6) is -0.177. The van der Waals surface area contributed by atoms with Gasteiger partial charge in [0.15, 0.2) is 0 Å². The van der Waals surface area contributed by atoms with Gasteiger partial charge >= 0.3 is 0 Å². The van der Waals surface area contributed by atoms with Crippen LogP contribution < -0.4 is 5.73 Å². The van der Waals surface area contributed by atoms with Crippen LogP contribution >= 0.6 is 0 Å². The third-order valence-corrected chi connectivity index (χ3v) is 3.93. The summed E-state index contributed by atoms with van der Waals surface area (Å²) in [6.45, 7) is 3.49. The second-order valence-corrected chi connectivity index (χ2v) is 5.33. The van der Waals surface area contributed by atoms with Crippen molar-refractivity contribution in [1.29, 1.82) is 0 Å². The molecule has 0 spiro atoms. The maximum atomic E-state index is 14.0. The average molecular weight is 266 g/mol. The summed E-state index contributed by atoms with van der Waals surface area (Å²) in [7, 11) is 2.04. The van der Waals surface area contributed by atoms with E-state index in [1.807, 2.05) is 26.1 Å². The van der Waals surface area contributed by atoms with Gasteiger partial charge in [-0.2, -0.15) is 0 Å². The summed E-state index contributed by atoms with van der Waals surface area (Å²) >= 11 is 0. The second-order valence-electron chi connectivity index (χ2n) is 5.33. The summed E-state index contributed by atoms with van der Waals surface area (Å²) in [5, 5.41) is 0. The molecule has 0 aliphatic carbocycles. The van der Waals surface area contributed by atoms with E-state index in [0.29, 0.717) is 11.6 Å². The van der Waals surface area contributed by atoms with Crippen LogP contribution in [-0.2, 0) is 4.74 Å². The van der Waals surface area contributed by atoms with Crippen molar-refractivity contribution in [1.82, 2.24) is 4.90 Å². The Morgan fingerprint density at radius 2 is 1.95 bits per heavy atom. The first-order valence-electron chi connectivity index (χ1n) is 6.91. The summed E-state index contributed by atoms with van der Waals surface area (Å²) in [6, 6.07) is 7.11. The summed E-state index contributed by atoms with van der Waals surface area (Å²) in [5.41, 5.74) is 6.79. The van der Waals surface area contributed by atoms with Gasteiger partial charge in [-0.1, -0.05) is 18.2 Å². The molecule has 1 aliphatic heterocycles. The Labute approximate surface area is 114 Å². The normalized spacial score (nSPS) is 20.5. The van der Waals surface area contributed by atoms with E-state index in [9.17, 15) is 4.39 Å². The zero-order valence-electron chi connectivity index (χ0n) is 11.7. The fourth-order valence-corrected chi connectivity index (χ4v) is 2.91. The Bertz CT molecular complexity index is 405. The summed E-state index contributed by atoms with van der Waals surface area (Å²) < 4.78 is 19.4. The highest BCUT2D eigenvalue weighted by Crippen LogP contribution is 2.29. The number of nitrogens with zero attached hydrogens (tertiary/aromatic N) is 1. The molecule has 106 valence electrons. The standard InChI is InChI=1S/C15H23FN2O/c1-11(17)15(13-5-3-4-6-14(13)16)18(2)12-7-9-19-10-8-12/h3-6,11-12,15H,7-10,17H2,1-2H3. The number of hydrogen-bond acceptors (Lipinski definition) is 3. The molecule has 0 amide bonds. The largest absolute Gasteiger partial charge is 0.381 e. The van der Waals surface area contributed by atoms with Gasteiger partial charge in [0, 0.05) is 30.9 Å². The molecule has 2 unspecified atom stereocenters. The fourth-order valence-electron chi connectivity index (χ4n) is 2.91. The average Bonchev–Trinajstić information content (AvgIpc) is 2.42. The number of ether oxygens (including phenoxy) is 1. The van der Waals surface area contributed by atoms with E-state index in [2.05, 4.69) is 4.90 Å². The monoisotopic (exact) mass is 266 g/mol. The van der Waals surface area contributed by atoms with Crippen molar-refractivity contribution in [2.24, 2.45) is 5.73 Å². The number of likely N-dealkylation sites (N-methyl/N-ethyl adjacent to an activating group) is 1. The predicted octanol–water partition coefficient (Wildman–Crippen LogP) is 2.32. The van der Waals surface area contributed by atoms with E-state index in [1.165, 1.54) is 6.07 Å². The van der Waals surface area contributed by atoms with Gasteiger partial charge in [0.1, 0.15) is 5.82 Å². The van der Waals surface area contributed by atoms with E-state index < -0.39 is 0 Å². The molecule has 4 heteroatoms. The number of rotatable bonds is 4. The van der Waals surface area contributed by atoms with E-state index in [0.717, 1.165) is 26.1 Å². The highest BCUT2D eigenvalue weighted by Gasteiger charge is 2.29. The second kappa shape index (κ2) is 6.46. The third-order valence-electron chi connectivity index (χ3n) is 3.93. The smallest absolute Gasteiger partial charge is 0.128 e. The van der Waals surface area contributed by atoms with E-state index in [-0.39, 0.29) is 17.9 Å². The highest BCUT2D eigenvalue weighted by atomic mass is 19.1. The van der Waals surface area contributed by atoms with Crippen molar-refractivity contribution in [2.75, 3.05) is 20.3 Å². The van der Waals surface area contributed by atoms with Crippen LogP contribution in [0.3, 0.4) is 0 Å². The van der Waals surface area contributed by atoms with Crippen LogP contribution in [0.5, 0.6) is 0 Å². The zero-order chi connectivity index (χ0) is 13.8. The zero-order valence-corrected chi connectivity index (χ0v) is 11.7. The van der Waals surface area contributed by atoms with Gasteiger partial charge < -0.3 is 10.5 Å². The topological polar surface area (TPSA) is 38.5 Å². The maximum absolute atomic E-state index is 14.0. The van der Waals surface area contributed by atoms with Gasteiger partial charge in [-0.15, -0.1) is 0 Å². The Hall–Kier alpha value is -0.970. The lowest BCUT2D eigenvalue weighted by atomic mass is 9.95. The summed E-state index contributed by atoms with van der Waals surface area (Å²) in [6.07, 6.45) is 1.96. The molecule has 1 aromatic rings. The summed E-state index contributed by atoms with van der Waals surface area (Å²) in [4.78, 5) is 2.21. The van der Waals surface area contributed by atoms with E-state index >= 15 is 0 Å². The van der Waals surface area contributed by atoms with E-state index in [1.54, 1.807) is 6.07 Å². The molecule has 2 atom stereocenters. The molecular weight excluding hydrogens is 243 g/mol. The number of halogens is 1. The third kappa shape index (κ3) is 3.32. The van der Waals surface area contributed by atoms with Crippen LogP contribution in [0.1, 0.15) is 31.4 Å². The first kappa shape index (κ1) is 14.4. The molecule has 1 aliphatic rings. The molecular formula is C15H23FN2O. The van der Waals surface area contributed by atoms with Crippen molar-refractivity contribution in [2.45, 2.75) is 37.9 Å². The van der Waals surface area contributed by atoms with E-state index in [4.69, 9.17) is 10.5 Å². The Kier molecular flexibility index (Phi) is 4.91.